The molecule has 0 amide bonds. The fourth-order valence-corrected chi connectivity index (χ4v) is 2.62. The number of halogens is 1. The highest BCUT2D eigenvalue weighted by molar-refractivity contribution is 5.89. The van der Waals surface area contributed by atoms with Crippen molar-refractivity contribution in [1.29, 1.82) is 0 Å². The molecular weight excluding hydrogens is 319 g/mol. The lowest BCUT2D eigenvalue weighted by Gasteiger charge is -2.11. The average Bonchev–Trinajstić information content (AvgIpc) is 3.02. The number of rotatable bonds is 3. The lowest BCUT2D eigenvalue weighted by Crippen LogP contribution is -1.98. The zero-order valence-corrected chi connectivity index (χ0v) is 13.7. The Labute approximate surface area is 143 Å². The minimum atomic E-state index is -0.290. The van der Waals surface area contributed by atoms with Gasteiger partial charge in [0.05, 0.1) is 11.1 Å². The molecule has 0 aliphatic heterocycles. The van der Waals surface area contributed by atoms with Crippen LogP contribution in [0.4, 0.5) is 15.9 Å². The van der Waals surface area contributed by atoms with Crippen molar-refractivity contribution in [3.05, 3.63) is 65.8 Å². The van der Waals surface area contributed by atoms with Crippen LogP contribution in [0.2, 0.25) is 0 Å². The molecule has 2 heterocycles. The second-order valence-corrected chi connectivity index (χ2v) is 5.85. The Bertz CT molecular complexity index is 1060. The molecule has 4 aromatic rings. The first-order valence-electron chi connectivity index (χ1n) is 7.83. The number of nitrogens with zero attached hydrogens (tertiary/aromatic N) is 3. The number of anilines is 2. The van der Waals surface area contributed by atoms with Crippen LogP contribution in [0, 0.1) is 19.7 Å². The van der Waals surface area contributed by atoms with Gasteiger partial charge in [-0.15, -0.1) is 0 Å². The van der Waals surface area contributed by atoms with Gasteiger partial charge in [0.1, 0.15) is 11.6 Å². The highest BCUT2D eigenvalue weighted by Crippen LogP contribution is 2.30. The number of nitrogens with one attached hydrogen (secondary N) is 1. The van der Waals surface area contributed by atoms with Crippen molar-refractivity contribution in [2.24, 2.45) is 0 Å². The molecule has 0 fully saturated rings. The molecule has 0 aliphatic carbocycles. The van der Waals surface area contributed by atoms with Gasteiger partial charge in [-0.05, 0) is 48.9 Å². The van der Waals surface area contributed by atoms with Crippen molar-refractivity contribution in [1.82, 2.24) is 15.1 Å². The molecule has 0 atom stereocenters. The zero-order valence-electron chi connectivity index (χ0n) is 13.7. The van der Waals surface area contributed by atoms with Gasteiger partial charge in [-0.25, -0.2) is 9.37 Å². The molecule has 0 saturated heterocycles. The third kappa shape index (κ3) is 3.06. The lowest BCUT2D eigenvalue weighted by molar-refractivity contribution is 0.394. The van der Waals surface area contributed by atoms with Gasteiger partial charge in [0.25, 0.3) is 0 Å². The molecule has 5 nitrogen and oxygen atoms in total. The Balaban J connectivity index is 1.87. The van der Waals surface area contributed by atoms with Crippen molar-refractivity contribution in [3.8, 4) is 11.4 Å². The fourth-order valence-electron chi connectivity index (χ4n) is 2.62. The number of fused-ring (bicyclic) bond motifs is 1. The number of benzene rings is 2. The molecule has 6 heteroatoms. The quantitative estimate of drug-likeness (QED) is 0.584. The van der Waals surface area contributed by atoms with Crippen molar-refractivity contribution in [2.45, 2.75) is 13.8 Å². The summed E-state index contributed by atoms with van der Waals surface area (Å²) in [6.07, 6.45) is 0. The van der Waals surface area contributed by atoms with Crippen molar-refractivity contribution in [3.63, 3.8) is 0 Å². The predicted molar refractivity (Wildman–Crippen MR) is 94.2 cm³/mol. The summed E-state index contributed by atoms with van der Waals surface area (Å²) in [4.78, 5) is 9.02. The van der Waals surface area contributed by atoms with E-state index in [2.05, 4.69) is 15.5 Å². The van der Waals surface area contributed by atoms with E-state index in [9.17, 15) is 4.39 Å². The number of aryl methyl sites for hydroxylation is 2. The van der Waals surface area contributed by atoms with Crippen LogP contribution in [-0.4, -0.2) is 15.1 Å². The van der Waals surface area contributed by atoms with Crippen LogP contribution in [0.5, 0.6) is 0 Å². The Morgan fingerprint density at radius 2 is 1.76 bits per heavy atom. The van der Waals surface area contributed by atoms with Gasteiger partial charge >= 0.3 is 0 Å². The van der Waals surface area contributed by atoms with Gasteiger partial charge < -0.3 is 9.84 Å². The van der Waals surface area contributed by atoms with E-state index in [0.717, 1.165) is 27.7 Å². The first kappa shape index (κ1) is 15.3. The van der Waals surface area contributed by atoms with Gasteiger partial charge in [0.2, 0.25) is 11.7 Å². The summed E-state index contributed by atoms with van der Waals surface area (Å²) in [5.41, 5.74) is 3.42. The molecule has 0 unspecified atom stereocenters. The van der Waals surface area contributed by atoms with E-state index in [1.165, 1.54) is 12.1 Å². The highest BCUT2D eigenvalue weighted by atomic mass is 19.1. The molecule has 0 radical (unpaired) electrons. The van der Waals surface area contributed by atoms with Crippen LogP contribution >= 0.6 is 0 Å². The lowest BCUT2D eigenvalue weighted by atomic mass is 10.1. The third-order valence-electron chi connectivity index (χ3n) is 3.85. The number of aromatic nitrogens is 3. The maximum absolute atomic E-state index is 13.1. The van der Waals surface area contributed by atoms with Gasteiger partial charge in [0, 0.05) is 18.0 Å². The summed E-state index contributed by atoms with van der Waals surface area (Å²) in [6, 6.07) is 14.1. The monoisotopic (exact) mass is 334 g/mol. The molecule has 0 bridgehead atoms. The minimum Gasteiger partial charge on any atom is -0.340 e. The molecule has 25 heavy (non-hydrogen) atoms. The standard InChI is InChI=1S/C19H15FN4O/c1-11-3-4-13-10-16(19-21-12(2)25-24-19)18(23-17(13)9-11)22-15-7-5-14(20)6-8-15/h3-10H,1-2H3,(H,22,23). The number of hydrogen-bond donors (Lipinski definition) is 1. The molecular formula is C19H15FN4O. The first-order chi connectivity index (χ1) is 12.1. The summed E-state index contributed by atoms with van der Waals surface area (Å²) in [6.45, 7) is 3.76. The normalized spacial score (nSPS) is 11.0. The van der Waals surface area contributed by atoms with Crippen molar-refractivity contribution in [2.75, 3.05) is 5.32 Å². The predicted octanol–water partition coefficient (Wildman–Crippen LogP) is 4.78. The van der Waals surface area contributed by atoms with Crippen molar-refractivity contribution >= 4 is 22.4 Å². The van der Waals surface area contributed by atoms with Crippen LogP contribution in [0.3, 0.4) is 0 Å². The largest absolute Gasteiger partial charge is 0.340 e. The molecule has 2 aromatic carbocycles. The Morgan fingerprint density at radius 1 is 0.960 bits per heavy atom. The molecule has 124 valence electrons. The maximum atomic E-state index is 13.1. The van der Waals surface area contributed by atoms with Crippen LogP contribution in [-0.2, 0) is 0 Å². The topological polar surface area (TPSA) is 63.8 Å². The van der Waals surface area contributed by atoms with E-state index in [1.807, 2.05) is 31.2 Å². The van der Waals surface area contributed by atoms with Crippen LogP contribution in [0.15, 0.2) is 53.1 Å². The van der Waals surface area contributed by atoms with E-state index >= 15 is 0 Å². The van der Waals surface area contributed by atoms with E-state index in [0.29, 0.717) is 17.5 Å². The Hall–Kier alpha value is -3.28. The summed E-state index contributed by atoms with van der Waals surface area (Å²) < 4.78 is 18.3. The summed E-state index contributed by atoms with van der Waals surface area (Å²) >= 11 is 0. The summed E-state index contributed by atoms with van der Waals surface area (Å²) in [7, 11) is 0. The average molecular weight is 334 g/mol. The molecule has 0 saturated carbocycles. The second-order valence-electron chi connectivity index (χ2n) is 5.85. The Kier molecular flexibility index (Phi) is 3.65. The molecule has 0 aliphatic rings. The van der Waals surface area contributed by atoms with E-state index in [-0.39, 0.29) is 5.82 Å². The van der Waals surface area contributed by atoms with Crippen LogP contribution in [0.25, 0.3) is 22.3 Å². The number of hydrogen-bond acceptors (Lipinski definition) is 5. The second kappa shape index (κ2) is 5.98. The van der Waals surface area contributed by atoms with Crippen LogP contribution in [0.1, 0.15) is 11.5 Å². The molecule has 4 rings (SSSR count). The maximum Gasteiger partial charge on any atom is 0.223 e. The molecule has 1 N–H and O–H groups in total. The summed E-state index contributed by atoms with van der Waals surface area (Å²) in [5, 5.41) is 8.20. The van der Waals surface area contributed by atoms with Crippen molar-refractivity contribution < 1.29 is 8.91 Å². The van der Waals surface area contributed by atoms with E-state index in [4.69, 9.17) is 9.51 Å². The highest BCUT2D eigenvalue weighted by Gasteiger charge is 2.15. The van der Waals surface area contributed by atoms with E-state index in [1.54, 1.807) is 19.1 Å². The van der Waals surface area contributed by atoms with E-state index < -0.39 is 0 Å². The fraction of sp³-hybridized carbons (Fsp3) is 0.105. The molecule has 0 spiro atoms. The third-order valence-corrected chi connectivity index (χ3v) is 3.85. The smallest absolute Gasteiger partial charge is 0.223 e. The van der Waals surface area contributed by atoms with Gasteiger partial charge in [-0.3, -0.25) is 0 Å². The van der Waals surface area contributed by atoms with Gasteiger partial charge in [-0.2, -0.15) is 4.98 Å². The minimum absolute atomic E-state index is 0.290. The van der Waals surface area contributed by atoms with Gasteiger partial charge in [-0.1, -0.05) is 17.3 Å². The van der Waals surface area contributed by atoms with Crippen LogP contribution < -0.4 is 5.32 Å². The Morgan fingerprint density at radius 3 is 2.48 bits per heavy atom. The first-order valence-corrected chi connectivity index (χ1v) is 7.83. The number of pyridine rings is 1. The zero-order chi connectivity index (χ0) is 17.4. The molecule has 2 aromatic heterocycles. The van der Waals surface area contributed by atoms with Gasteiger partial charge in [0.15, 0.2) is 0 Å². The summed E-state index contributed by atoms with van der Waals surface area (Å²) in [5.74, 6) is 1.23. The SMILES string of the molecule is Cc1ccc2cc(-c3noc(C)n3)c(Nc3ccc(F)cc3)nc2c1.